The molecule has 0 radical (unpaired) electrons. The summed E-state index contributed by atoms with van der Waals surface area (Å²) < 4.78 is 36.3. The molecular weight excluding hydrogens is 203 g/mol. The van der Waals surface area contributed by atoms with E-state index in [1.807, 2.05) is 0 Å². The molecule has 1 aromatic heterocycles. The minimum atomic E-state index is -4.32. The van der Waals surface area contributed by atoms with Gasteiger partial charge in [0, 0.05) is 0 Å². The van der Waals surface area contributed by atoms with E-state index in [2.05, 4.69) is 4.98 Å². The largest absolute Gasteiger partial charge is 1.00 e. The molecule has 0 amide bonds. The summed E-state index contributed by atoms with van der Waals surface area (Å²) in [5.41, 5.74) is -0.840. The van der Waals surface area contributed by atoms with Gasteiger partial charge in [-0.2, -0.15) is 0 Å². The van der Waals surface area contributed by atoms with E-state index < -0.39 is 11.9 Å². The number of hydrogen-bond acceptors (Lipinski definition) is 1. The predicted octanol–water partition coefficient (Wildman–Crippen LogP) is -2.10. The fourth-order valence-corrected chi connectivity index (χ4v) is 0.801. The molecule has 0 aliphatic rings. The molecule has 12 heavy (non-hydrogen) atoms. The summed E-state index contributed by atoms with van der Waals surface area (Å²) in [5, 5.41) is 0. The molecule has 0 saturated heterocycles. The molecular formula is C6H3ClF3MgN. The smallest absolute Gasteiger partial charge is 1.00 e. The van der Waals surface area contributed by atoms with Crippen LogP contribution in [0.4, 0.5) is 13.2 Å². The van der Waals surface area contributed by atoms with Gasteiger partial charge in [0.05, 0.1) is 0 Å². The van der Waals surface area contributed by atoms with Gasteiger partial charge in [0.2, 0.25) is 0 Å². The van der Waals surface area contributed by atoms with Crippen LogP contribution in [-0.2, 0) is 6.18 Å². The average Bonchev–Trinajstić information content (AvgIpc) is 1.86. The third-order valence-electron chi connectivity index (χ3n) is 1.12. The molecule has 1 aromatic rings. The predicted molar refractivity (Wildman–Crippen MR) is 34.6 cm³/mol. The maximum atomic E-state index is 11.9. The molecule has 0 spiro atoms. The van der Waals surface area contributed by atoms with Crippen molar-refractivity contribution in [1.29, 1.82) is 0 Å². The molecule has 0 N–H and O–H groups in total. The van der Waals surface area contributed by atoms with Crippen molar-refractivity contribution in [1.82, 2.24) is 4.98 Å². The van der Waals surface area contributed by atoms with Crippen LogP contribution in [0.1, 0.15) is 5.69 Å². The molecule has 1 heterocycles. The Morgan fingerprint density at radius 3 is 2.17 bits per heavy atom. The standard InChI is InChI=1S/C6H3F3N.ClH.Mg/c7-6(8,9)5-3-1-2-4-10-5;;/h1,3-4H;1H;/q;;+1/p-1. The van der Waals surface area contributed by atoms with Crippen molar-refractivity contribution < 1.29 is 25.6 Å². The van der Waals surface area contributed by atoms with E-state index in [0.29, 0.717) is 0 Å². The van der Waals surface area contributed by atoms with Crippen LogP contribution in [0, 0.1) is 0 Å². The second-order valence-electron chi connectivity index (χ2n) is 2.05. The summed E-state index contributed by atoms with van der Waals surface area (Å²) in [4.78, 5) is 3.23. The van der Waals surface area contributed by atoms with Crippen molar-refractivity contribution >= 4 is 25.4 Å². The quantitative estimate of drug-likeness (QED) is 0.443. The van der Waals surface area contributed by atoms with E-state index in [1.165, 1.54) is 34.0 Å². The molecule has 0 fully saturated rings. The van der Waals surface area contributed by atoms with Gasteiger partial charge in [0.1, 0.15) is 0 Å². The number of alkyl halides is 3. The Labute approximate surface area is 86.2 Å². The van der Waals surface area contributed by atoms with Gasteiger partial charge in [-0.05, 0) is 0 Å². The molecule has 0 aliphatic carbocycles. The number of pyridine rings is 1. The molecule has 1 rings (SSSR count). The first-order chi connectivity index (χ1) is 5.00. The van der Waals surface area contributed by atoms with E-state index in [0.717, 1.165) is 9.76 Å². The van der Waals surface area contributed by atoms with Gasteiger partial charge >= 0.3 is 73.8 Å². The summed E-state index contributed by atoms with van der Waals surface area (Å²) in [6, 6.07) is 2.37. The average molecular weight is 206 g/mol. The molecule has 0 atom stereocenters. The zero-order valence-electron chi connectivity index (χ0n) is 5.90. The zero-order valence-corrected chi connectivity index (χ0v) is 8.07. The fraction of sp³-hybridized carbons (Fsp3) is 0.167. The first-order valence-corrected chi connectivity index (χ1v) is 3.56. The van der Waals surface area contributed by atoms with Crippen LogP contribution in [0.3, 0.4) is 0 Å². The Morgan fingerprint density at radius 1 is 1.25 bits per heavy atom. The van der Waals surface area contributed by atoms with Crippen molar-refractivity contribution in [2.45, 2.75) is 6.18 Å². The van der Waals surface area contributed by atoms with E-state index in [-0.39, 0.29) is 12.4 Å². The van der Waals surface area contributed by atoms with Gasteiger partial charge in [0.25, 0.3) is 0 Å². The first-order valence-electron chi connectivity index (χ1n) is 2.85. The van der Waals surface area contributed by atoms with Crippen molar-refractivity contribution in [3.8, 4) is 0 Å². The minimum Gasteiger partial charge on any atom is -1.00 e. The maximum Gasteiger partial charge on any atom is -1.00 e. The minimum absolute atomic E-state index is 0. The van der Waals surface area contributed by atoms with Gasteiger partial charge < -0.3 is 12.4 Å². The zero-order chi connectivity index (χ0) is 8.48. The Kier molecular flexibility index (Phi) is 4.29. The van der Waals surface area contributed by atoms with Crippen LogP contribution in [-0.4, -0.2) is 26.7 Å². The van der Waals surface area contributed by atoms with E-state index in [4.69, 9.17) is 0 Å². The van der Waals surface area contributed by atoms with E-state index in [1.54, 1.807) is 0 Å². The van der Waals surface area contributed by atoms with Crippen molar-refractivity contribution in [3.63, 3.8) is 0 Å². The number of hydrogen-bond donors (Lipinski definition) is 0. The van der Waals surface area contributed by atoms with Crippen LogP contribution in [0.25, 0.3) is 0 Å². The molecule has 62 valence electrons. The first kappa shape index (κ1) is 12.0. The van der Waals surface area contributed by atoms with Crippen LogP contribution >= 0.6 is 0 Å². The monoisotopic (exact) mass is 205 g/mol. The van der Waals surface area contributed by atoms with Crippen LogP contribution in [0.15, 0.2) is 18.3 Å². The molecule has 0 aromatic carbocycles. The van der Waals surface area contributed by atoms with Crippen LogP contribution < -0.4 is 16.1 Å². The molecule has 6 heteroatoms. The van der Waals surface area contributed by atoms with Crippen molar-refractivity contribution in [2.24, 2.45) is 0 Å². The van der Waals surface area contributed by atoms with Gasteiger partial charge in [-0.15, -0.1) is 0 Å². The topological polar surface area (TPSA) is 12.9 Å². The van der Waals surface area contributed by atoms with Crippen molar-refractivity contribution in [2.75, 3.05) is 0 Å². The number of aromatic nitrogens is 1. The molecule has 0 bridgehead atoms. The molecule has 1 nitrogen and oxygen atoms in total. The van der Waals surface area contributed by atoms with Crippen LogP contribution in [0.2, 0.25) is 0 Å². The summed E-state index contributed by atoms with van der Waals surface area (Å²) in [5.74, 6) is 0. The van der Waals surface area contributed by atoms with E-state index >= 15 is 0 Å². The molecule has 0 saturated carbocycles. The summed E-state index contributed by atoms with van der Waals surface area (Å²) in [7, 11) is 0. The number of halogens is 4. The Morgan fingerprint density at radius 2 is 1.83 bits per heavy atom. The Bertz CT molecular complexity index is 246. The fourth-order valence-electron chi connectivity index (χ4n) is 0.592. The Balaban J connectivity index is 0.00000121. The Hall–Kier alpha value is -0.00377. The third-order valence-corrected chi connectivity index (χ3v) is 1.53. The summed E-state index contributed by atoms with van der Waals surface area (Å²) in [6.07, 6.45) is -3.11. The summed E-state index contributed by atoms with van der Waals surface area (Å²) >= 11 is 1.50. The van der Waals surface area contributed by atoms with Crippen molar-refractivity contribution in [3.05, 3.63) is 24.0 Å². The summed E-state index contributed by atoms with van der Waals surface area (Å²) in [6.45, 7) is 0. The molecule has 0 unspecified atom stereocenters. The van der Waals surface area contributed by atoms with Gasteiger partial charge in [-0.25, -0.2) is 0 Å². The SMILES string of the molecule is FC(F)(F)c1cc[c]([Mg+])cn1.[Cl-]. The third kappa shape index (κ3) is 3.16. The van der Waals surface area contributed by atoms with Gasteiger partial charge in [-0.1, -0.05) is 0 Å². The van der Waals surface area contributed by atoms with E-state index in [9.17, 15) is 13.2 Å². The van der Waals surface area contributed by atoms with Gasteiger partial charge in [0.15, 0.2) is 0 Å². The van der Waals surface area contributed by atoms with Gasteiger partial charge in [-0.3, -0.25) is 0 Å². The normalized spacial score (nSPS) is 10.8. The second-order valence-corrected chi connectivity index (χ2v) is 2.87. The second kappa shape index (κ2) is 4.29. The number of nitrogens with zero attached hydrogens (tertiary/aromatic N) is 1. The molecule has 0 aliphatic heterocycles. The number of rotatable bonds is 0. The maximum absolute atomic E-state index is 11.9. The van der Waals surface area contributed by atoms with Crippen LogP contribution in [0.5, 0.6) is 0 Å².